The van der Waals surface area contributed by atoms with Crippen molar-refractivity contribution in [1.82, 2.24) is 38.3 Å². The second-order valence-electron chi connectivity index (χ2n) is 20.4. The van der Waals surface area contributed by atoms with Gasteiger partial charge in [0.25, 0.3) is 0 Å². The molecule has 10 rings (SSSR count). The van der Waals surface area contributed by atoms with Gasteiger partial charge in [-0.25, -0.2) is 35.6 Å². The molecule has 4 aromatic rings. The summed E-state index contributed by atoms with van der Waals surface area (Å²) in [4.78, 5) is 23.5. The molecule has 6 fully saturated rings. The molecule has 29 heteroatoms. The highest BCUT2D eigenvalue weighted by Gasteiger charge is 2.41. The first-order valence-electron chi connectivity index (χ1n) is 25.1. The molecule has 0 spiro atoms. The Morgan fingerprint density at radius 2 is 1.00 bits per heavy atom. The Balaban J connectivity index is 0.000000169. The first-order valence-corrected chi connectivity index (χ1v) is 29.2. The zero-order valence-electron chi connectivity index (χ0n) is 42.8. The zero-order valence-corrected chi connectivity index (χ0v) is 45.2. The molecule has 0 amide bonds. The SMILES string of the molecule is CN1C2CCC1CC(Nc1nc(Cl)ncc1F)C2.CN1C2CCC1CC(Nc1nc(Nc3ccc(N4CCN(S(C)(=O)=O)CC4)c(C(F)(F)F)c3)ncc1F)C2.CS(=O)(=O)N1CCN(c2ccc(N)cc2C(F)(F)F)CC1. The molecule has 18 nitrogen and oxygen atoms in total. The lowest BCUT2D eigenvalue weighted by molar-refractivity contribution is -0.137. The number of aromatic nitrogens is 4. The van der Waals surface area contributed by atoms with E-state index in [1.807, 2.05) is 0 Å². The quantitative estimate of drug-likeness (QED) is 0.0707. The van der Waals surface area contributed by atoms with Gasteiger partial charge in [-0.15, -0.1) is 0 Å². The number of sulfonamides is 2. The molecule has 6 aliphatic rings. The van der Waals surface area contributed by atoms with Gasteiger partial charge in [0, 0.05) is 111 Å². The molecule has 4 bridgehead atoms. The van der Waals surface area contributed by atoms with Crippen LogP contribution in [0.1, 0.15) is 62.5 Å². The van der Waals surface area contributed by atoms with Crippen LogP contribution in [0.2, 0.25) is 5.28 Å². The van der Waals surface area contributed by atoms with Crippen molar-refractivity contribution in [2.45, 2.75) is 100.0 Å². The van der Waals surface area contributed by atoms with E-state index in [2.05, 4.69) is 59.8 Å². The Morgan fingerprint density at radius 3 is 1.43 bits per heavy atom. The summed E-state index contributed by atoms with van der Waals surface area (Å²) in [6, 6.07) is 9.87. The van der Waals surface area contributed by atoms with Crippen LogP contribution in [0.5, 0.6) is 0 Å². The molecule has 5 N–H and O–H groups in total. The number of hydrogen-bond donors (Lipinski definition) is 4. The van der Waals surface area contributed by atoms with Crippen LogP contribution in [0.3, 0.4) is 0 Å². The van der Waals surface area contributed by atoms with E-state index in [1.165, 1.54) is 55.5 Å². The largest absolute Gasteiger partial charge is 0.418 e. The number of nitrogens with two attached hydrogens (primary N) is 1. The van der Waals surface area contributed by atoms with E-state index in [9.17, 15) is 52.0 Å². The average molecular weight is 1150 g/mol. The van der Waals surface area contributed by atoms with Crippen LogP contribution in [0, 0.1) is 11.6 Å². The summed E-state index contributed by atoms with van der Waals surface area (Å²) in [7, 11) is -2.42. The standard InChI is InChI=1S/C24H31F4N7O2S.C12H16ClFN4.C12H16F3N3O2S/c1-33-17-4-5-18(33)12-16(11-17)30-22-20(25)14-29-23(32-22)31-15-3-6-21(19(13-15)24(26,27)28)34-7-9-35(10-8-34)38(2,36)37;1-18-8-2-3-9(18)5-7(4-8)16-11-10(14)6-15-12(13)17-11;1-21(19,20)18-6-4-17(5-7-18)11-3-2-9(16)8-10(11)12(13,14)15/h3,6,13-14,16-18H,4-5,7-12H2,1-2H3,(H2,29,30,31,32);6-9H,2-5H2,1H3,(H,15,16,17);2-3,8H,4-7,16H2,1H3. The van der Waals surface area contributed by atoms with Gasteiger partial charge >= 0.3 is 12.4 Å². The highest BCUT2D eigenvalue weighted by Crippen LogP contribution is 2.41. The second kappa shape index (κ2) is 23.3. The Bertz CT molecular complexity index is 2930. The van der Waals surface area contributed by atoms with Gasteiger partial charge in [0.2, 0.25) is 31.3 Å². The average Bonchev–Trinajstić information content (AvgIpc) is 3.66. The molecule has 0 saturated carbocycles. The maximum absolute atomic E-state index is 14.5. The van der Waals surface area contributed by atoms with Gasteiger partial charge in [-0.1, -0.05) is 0 Å². The van der Waals surface area contributed by atoms with Gasteiger partial charge in [0.15, 0.2) is 23.3 Å². The van der Waals surface area contributed by atoms with Crippen LogP contribution in [0.15, 0.2) is 48.8 Å². The zero-order chi connectivity index (χ0) is 55.8. The minimum atomic E-state index is -4.65. The lowest BCUT2D eigenvalue weighted by atomic mass is 9.98. The predicted octanol–water partition coefficient (Wildman–Crippen LogP) is 7.17. The summed E-state index contributed by atoms with van der Waals surface area (Å²) < 4.78 is 158. The van der Waals surface area contributed by atoms with Crippen molar-refractivity contribution in [3.05, 3.63) is 76.8 Å². The van der Waals surface area contributed by atoms with E-state index in [1.54, 1.807) is 0 Å². The van der Waals surface area contributed by atoms with Crippen molar-refractivity contribution in [2.75, 3.05) is 110 Å². The van der Waals surface area contributed by atoms with E-state index >= 15 is 0 Å². The van der Waals surface area contributed by atoms with Crippen molar-refractivity contribution in [1.29, 1.82) is 0 Å². The molecular weight excluding hydrogens is 1090 g/mol. The number of rotatable bonds is 10. The highest BCUT2D eigenvalue weighted by atomic mass is 35.5. The maximum Gasteiger partial charge on any atom is 0.418 e. The lowest BCUT2D eigenvalue weighted by Gasteiger charge is -2.36. The normalized spacial score (nSPS) is 24.6. The molecule has 4 unspecified atom stereocenters. The second-order valence-corrected chi connectivity index (χ2v) is 24.7. The predicted molar refractivity (Wildman–Crippen MR) is 279 cm³/mol. The van der Waals surface area contributed by atoms with Crippen LogP contribution in [0.25, 0.3) is 0 Å². The first kappa shape index (κ1) is 58.0. The smallest absolute Gasteiger partial charge is 0.399 e. The molecule has 0 radical (unpaired) electrons. The van der Waals surface area contributed by atoms with Crippen molar-refractivity contribution >= 4 is 72.0 Å². The van der Waals surface area contributed by atoms with Gasteiger partial charge in [-0.2, -0.15) is 44.9 Å². The minimum absolute atomic E-state index is 0.0209. The molecular formula is C48H63ClF8N14O4S2. The number of nitrogen functional groups attached to an aromatic ring is 1. The highest BCUT2D eigenvalue weighted by molar-refractivity contribution is 7.88. The minimum Gasteiger partial charge on any atom is -0.399 e. The monoisotopic (exact) mass is 1150 g/mol. The van der Waals surface area contributed by atoms with Crippen LogP contribution >= 0.6 is 11.6 Å². The Labute approximate surface area is 447 Å². The Hall–Kier alpha value is -5.13. The van der Waals surface area contributed by atoms with E-state index < -0.39 is 55.2 Å². The van der Waals surface area contributed by atoms with Crippen molar-refractivity contribution in [3.63, 3.8) is 0 Å². The van der Waals surface area contributed by atoms with Gasteiger partial charge in [-0.05, 0) is 113 Å². The third kappa shape index (κ3) is 14.4. The fourth-order valence-corrected chi connectivity index (χ4v) is 13.0. The number of halogens is 9. The molecule has 0 aliphatic carbocycles. The summed E-state index contributed by atoms with van der Waals surface area (Å²) in [5, 5.41) is 9.20. The van der Waals surface area contributed by atoms with Crippen molar-refractivity contribution in [2.24, 2.45) is 0 Å². The fraction of sp³-hybridized carbons (Fsp3) is 0.583. The van der Waals surface area contributed by atoms with Crippen molar-refractivity contribution in [3.8, 4) is 0 Å². The molecule has 4 atom stereocenters. The number of benzene rings is 2. The van der Waals surface area contributed by atoms with Crippen LogP contribution < -0.4 is 31.5 Å². The van der Waals surface area contributed by atoms with Crippen LogP contribution in [-0.2, 0) is 32.4 Å². The van der Waals surface area contributed by atoms with E-state index in [0.717, 1.165) is 75.6 Å². The maximum atomic E-state index is 14.5. The Morgan fingerprint density at radius 1 is 0.597 bits per heavy atom. The van der Waals surface area contributed by atoms with Gasteiger partial charge in [-0.3, -0.25) is 0 Å². The summed E-state index contributed by atoms with van der Waals surface area (Å²) in [6.45, 7) is 1.23. The number of hydrogen-bond acceptors (Lipinski definition) is 16. The number of piperazine rings is 2. The molecule has 424 valence electrons. The number of nitrogens with one attached hydrogen (secondary N) is 3. The lowest BCUT2D eigenvalue weighted by Crippen LogP contribution is -2.48. The molecule has 6 saturated heterocycles. The topological polar surface area (TPSA) is 201 Å². The molecule has 2 aromatic heterocycles. The molecule has 77 heavy (non-hydrogen) atoms. The van der Waals surface area contributed by atoms with Crippen LogP contribution in [-0.4, -0.2) is 170 Å². The van der Waals surface area contributed by atoms with Gasteiger partial charge in [0.1, 0.15) is 0 Å². The van der Waals surface area contributed by atoms with E-state index in [4.69, 9.17) is 17.3 Å². The fourth-order valence-electron chi connectivity index (χ4n) is 11.2. The van der Waals surface area contributed by atoms with Crippen LogP contribution in [0.4, 0.5) is 75.5 Å². The van der Waals surface area contributed by atoms with Gasteiger partial charge < -0.3 is 41.3 Å². The number of piperidine rings is 2. The summed E-state index contributed by atoms with van der Waals surface area (Å²) >= 11 is 5.69. The number of alkyl halides is 6. The summed E-state index contributed by atoms with van der Waals surface area (Å²) in [6.07, 6.45) is 3.66. The number of nitrogens with zero attached hydrogens (tertiary/aromatic N) is 10. The van der Waals surface area contributed by atoms with Gasteiger partial charge in [0.05, 0.1) is 36.0 Å². The van der Waals surface area contributed by atoms with E-state index in [-0.39, 0.29) is 110 Å². The third-order valence-corrected chi connectivity index (χ3v) is 18.1. The van der Waals surface area contributed by atoms with E-state index in [0.29, 0.717) is 24.2 Å². The molecule has 8 heterocycles. The van der Waals surface area contributed by atoms with Crippen molar-refractivity contribution < 1.29 is 52.0 Å². The molecule has 2 aromatic carbocycles. The molecule has 6 aliphatic heterocycles. The summed E-state index contributed by atoms with van der Waals surface area (Å²) in [5.74, 6) is -0.837. The number of fused-ring (bicyclic) bond motifs is 4. The first-order chi connectivity index (χ1) is 36.1. The Kier molecular flexibility index (Phi) is 17.6. The third-order valence-electron chi connectivity index (χ3n) is 15.3. The summed E-state index contributed by atoms with van der Waals surface area (Å²) in [5.41, 5.74) is 3.91. The number of anilines is 7.